The van der Waals surface area contributed by atoms with Crippen LogP contribution in [-0.4, -0.2) is 85.6 Å². The average Bonchev–Trinajstić information content (AvgIpc) is 3.57. The largest absolute Gasteiger partial charge is 0.497 e. The van der Waals surface area contributed by atoms with E-state index in [1.807, 2.05) is 13.8 Å². The third kappa shape index (κ3) is 4.29. The van der Waals surface area contributed by atoms with Crippen molar-refractivity contribution >= 4 is 11.9 Å². The molecule has 39 heavy (non-hydrogen) atoms. The van der Waals surface area contributed by atoms with Crippen molar-refractivity contribution < 1.29 is 33.3 Å². The smallest absolute Gasteiger partial charge is 0.339 e. The number of carbonyl (C=O) groups is 2. The Morgan fingerprint density at radius 3 is 2.56 bits per heavy atom. The highest BCUT2D eigenvalue weighted by atomic mass is 16.7. The van der Waals surface area contributed by atoms with Crippen LogP contribution < -0.4 is 9.47 Å². The molecular formula is C30H40N2O7. The summed E-state index contributed by atoms with van der Waals surface area (Å²) in [5.41, 5.74) is 0.0604. The molecule has 0 aromatic heterocycles. The molecule has 1 unspecified atom stereocenters. The number of nitrogens with zero attached hydrogens (tertiary/aromatic N) is 2. The fraction of sp³-hybridized carbons (Fsp3) is 0.667. The van der Waals surface area contributed by atoms with E-state index in [4.69, 9.17) is 23.7 Å². The van der Waals surface area contributed by atoms with E-state index >= 15 is 0 Å². The zero-order valence-corrected chi connectivity index (χ0v) is 23.7. The second-order valence-electron chi connectivity index (χ2n) is 12.5. The zero-order chi connectivity index (χ0) is 27.6. The summed E-state index contributed by atoms with van der Waals surface area (Å²) in [4.78, 5) is 31.2. The minimum atomic E-state index is -1.35. The van der Waals surface area contributed by atoms with E-state index in [2.05, 4.69) is 23.1 Å². The molecule has 0 radical (unpaired) electrons. The van der Waals surface area contributed by atoms with Crippen LogP contribution in [0.1, 0.15) is 69.4 Å². The van der Waals surface area contributed by atoms with Gasteiger partial charge in [-0.05, 0) is 88.3 Å². The number of ether oxygens (including phenoxy) is 5. The number of hydrogen-bond donors (Lipinski definition) is 0. The summed E-state index contributed by atoms with van der Waals surface area (Å²) in [6.45, 7) is 6.02. The van der Waals surface area contributed by atoms with Crippen molar-refractivity contribution in [2.75, 3.05) is 41.1 Å². The maximum absolute atomic E-state index is 14.3. The van der Waals surface area contributed by atoms with Gasteiger partial charge in [-0.3, -0.25) is 9.69 Å². The van der Waals surface area contributed by atoms with Gasteiger partial charge >= 0.3 is 5.97 Å². The quantitative estimate of drug-likeness (QED) is 0.525. The van der Waals surface area contributed by atoms with Crippen molar-refractivity contribution in [2.24, 2.45) is 0 Å². The van der Waals surface area contributed by atoms with Gasteiger partial charge in [-0.25, -0.2) is 4.79 Å². The van der Waals surface area contributed by atoms with Gasteiger partial charge in [0.15, 0.2) is 23.2 Å². The van der Waals surface area contributed by atoms with Gasteiger partial charge < -0.3 is 28.6 Å². The van der Waals surface area contributed by atoms with Crippen LogP contribution in [-0.2, 0) is 30.2 Å². The number of fused-ring (bicyclic) bond motifs is 3. The standard InChI is InChI=1S/C30H40N2O7/c1-28(2)9-6-11-30(39-28,17-24(33)31(3)4)27(34)38-26-23(35-5)16-29-10-7-12-32(29)13-8-19-14-21-22(37-18-36-21)15-20(19)25(26)29/h14-16,25-26H,6-13,17-18H2,1-5H3/t25-,26?,29-,30+/m1/s1. The average molecular weight is 541 g/mol. The number of carbonyl (C=O) groups excluding carboxylic acids is 2. The minimum Gasteiger partial charge on any atom is -0.497 e. The molecule has 1 aromatic carbocycles. The van der Waals surface area contributed by atoms with E-state index < -0.39 is 23.3 Å². The second kappa shape index (κ2) is 9.41. The molecule has 4 aliphatic heterocycles. The maximum atomic E-state index is 14.3. The Morgan fingerprint density at radius 2 is 1.85 bits per heavy atom. The van der Waals surface area contributed by atoms with E-state index in [1.165, 1.54) is 10.5 Å². The number of methoxy groups -OCH3 is 1. The van der Waals surface area contributed by atoms with E-state index in [9.17, 15) is 9.59 Å². The van der Waals surface area contributed by atoms with Gasteiger partial charge in [0.05, 0.1) is 30.6 Å². The van der Waals surface area contributed by atoms with Gasteiger partial charge in [0.1, 0.15) is 5.76 Å². The number of rotatable bonds is 5. The summed E-state index contributed by atoms with van der Waals surface area (Å²) in [6, 6.07) is 4.16. The molecule has 1 aliphatic carbocycles. The van der Waals surface area contributed by atoms with Gasteiger partial charge in [-0.2, -0.15) is 0 Å². The van der Waals surface area contributed by atoms with Crippen molar-refractivity contribution in [3.63, 3.8) is 0 Å². The van der Waals surface area contributed by atoms with Crippen molar-refractivity contribution in [2.45, 2.75) is 87.6 Å². The maximum Gasteiger partial charge on any atom is 0.339 e. The molecule has 2 fully saturated rings. The summed E-state index contributed by atoms with van der Waals surface area (Å²) in [6.07, 6.45) is 6.37. The predicted octanol–water partition coefficient (Wildman–Crippen LogP) is 3.54. The lowest BCUT2D eigenvalue weighted by Gasteiger charge is -2.44. The molecule has 1 amide bonds. The molecule has 1 aromatic rings. The van der Waals surface area contributed by atoms with Gasteiger partial charge in [-0.15, -0.1) is 0 Å². The topological polar surface area (TPSA) is 86.8 Å². The molecule has 4 heterocycles. The molecule has 2 saturated heterocycles. The number of benzene rings is 1. The normalized spacial score (nSPS) is 32.4. The van der Waals surface area contributed by atoms with Crippen LogP contribution in [0.25, 0.3) is 0 Å². The van der Waals surface area contributed by atoms with Crippen molar-refractivity contribution in [1.29, 1.82) is 0 Å². The van der Waals surface area contributed by atoms with Crippen molar-refractivity contribution in [3.8, 4) is 11.5 Å². The Bertz CT molecular complexity index is 1210. The zero-order valence-electron chi connectivity index (χ0n) is 23.7. The predicted molar refractivity (Wildman–Crippen MR) is 143 cm³/mol. The molecule has 0 N–H and O–H groups in total. The molecule has 212 valence electrons. The number of amides is 1. The van der Waals surface area contributed by atoms with E-state index in [0.717, 1.165) is 62.3 Å². The molecule has 9 nitrogen and oxygen atoms in total. The van der Waals surface area contributed by atoms with Gasteiger partial charge in [0, 0.05) is 20.6 Å². The third-order valence-electron chi connectivity index (χ3n) is 9.34. The highest BCUT2D eigenvalue weighted by Gasteiger charge is 2.59. The van der Waals surface area contributed by atoms with Gasteiger partial charge in [0.25, 0.3) is 0 Å². The first kappa shape index (κ1) is 26.4. The fourth-order valence-electron chi connectivity index (χ4n) is 7.49. The first-order valence-electron chi connectivity index (χ1n) is 14.1. The molecular weight excluding hydrogens is 500 g/mol. The Kier molecular flexibility index (Phi) is 6.38. The van der Waals surface area contributed by atoms with E-state index in [0.29, 0.717) is 12.2 Å². The lowest BCUT2D eigenvalue weighted by molar-refractivity contribution is -0.214. The van der Waals surface area contributed by atoms with Crippen LogP contribution in [0, 0.1) is 0 Å². The SMILES string of the molecule is COC1=C[C@@]23CCCN2CCc2cc4c(cc2[C@@H]3C1OC(=O)[C@@]1(CC(=O)N(C)C)CCCC(C)(C)O1)OCO4. The van der Waals surface area contributed by atoms with Crippen LogP contribution in [0.2, 0.25) is 0 Å². The second-order valence-corrected chi connectivity index (χ2v) is 12.5. The monoisotopic (exact) mass is 540 g/mol. The molecule has 0 saturated carbocycles. The lowest BCUT2D eigenvalue weighted by Crippen LogP contribution is -2.55. The van der Waals surface area contributed by atoms with Gasteiger partial charge in [0.2, 0.25) is 12.7 Å². The third-order valence-corrected chi connectivity index (χ3v) is 9.34. The van der Waals surface area contributed by atoms with Crippen molar-refractivity contribution in [3.05, 3.63) is 35.1 Å². The molecule has 4 atom stereocenters. The molecule has 9 heteroatoms. The highest BCUT2D eigenvalue weighted by molar-refractivity contribution is 5.88. The van der Waals surface area contributed by atoms with Crippen molar-refractivity contribution in [1.82, 2.24) is 9.80 Å². The first-order chi connectivity index (χ1) is 18.6. The highest BCUT2D eigenvalue weighted by Crippen LogP contribution is 2.56. The first-order valence-corrected chi connectivity index (χ1v) is 14.1. The van der Waals surface area contributed by atoms with Gasteiger partial charge in [-0.1, -0.05) is 0 Å². The molecule has 0 bridgehead atoms. The molecule has 6 rings (SSSR count). The Morgan fingerprint density at radius 1 is 1.08 bits per heavy atom. The summed E-state index contributed by atoms with van der Waals surface area (Å²) >= 11 is 0. The van der Waals surface area contributed by atoms with Crippen LogP contribution in [0.15, 0.2) is 24.0 Å². The molecule has 5 aliphatic rings. The number of hydrogen-bond acceptors (Lipinski definition) is 8. The van der Waals surface area contributed by atoms with Crippen LogP contribution in [0.3, 0.4) is 0 Å². The van der Waals surface area contributed by atoms with Crippen LogP contribution >= 0.6 is 0 Å². The summed E-state index contributed by atoms with van der Waals surface area (Å²) in [7, 11) is 5.03. The molecule has 1 spiro atoms. The Hall–Kier alpha value is -2.78. The van der Waals surface area contributed by atoms with Crippen LogP contribution in [0.4, 0.5) is 0 Å². The summed E-state index contributed by atoms with van der Waals surface area (Å²) in [5.74, 6) is 1.29. The summed E-state index contributed by atoms with van der Waals surface area (Å²) < 4.78 is 30.4. The lowest BCUT2D eigenvalue weighted by atomic mass is 9.77. The van der Waals surface area contributed by atoms with Crippen LogP contribution in [0.5, 0.6) is 11.5 Å². The Balaban J connectivity index is 1.41. The summed E-state index contributed by atoms with van der Waals surface area (Å²) in [5, 5.41) is 0. The number of esters is 1. The minimum absolute atomic E-state index is 0.0573. The van der Waals surface area contributed by atoms with E-state index in [1.54, 1.807) is 21.2 Å². The van der Waals surface area contributed by atoms with E-state index in [-0.39, 0.29) is 30.6 Å². The fourth-order valence-corrected chi connectivity index (χ4v) is 7.49. The Labute approximate surface area is 230 Å².